The average Bonchev–Trinajstić information content (AvgIpc) is 2.69. The summed E-state index contributed by atoms with van der Waals surface area (Å²) in [5, 5.41) is 17.3. The summed E-state index contributed by atoms with van der Waals surface area (Å²) < 4.78 is 27.2. The first-order chi connectivity index (χ1) is 13.1. The van der Waals surface area contributed by atoms with Crippen LogP contribution in [-0.2, 0) is 0 Å². The standard InChI is InChI=1S/C21H22F2N4/c1-13-8-9-16(18(11-13)20(22)23)19-15-6-2-3-7-17(15)21(27-26-19)25-14-5-4-10-24-12-14/h2-3,6-9,11,14,20,24H,4-5,10,12H2,1H3,(H,25,27)/t14-/m1/s1. The van der Waals surface area contributed by atoms with Crippen LogP contribution in [-0.4, -0.2) is 29.3 Å². The van der Waals surface area contributed by atoms with Gasteiger partial charge in [0.25, 0.3) is 6.43 Å². The number of fused-ring (bicyclic) bond motifs is 1. The number of benzene rings is 2. The number of rotatable bonds is 4. The van der Waals surface area contributed by atoms with Gasteiger partial charge in [-0.3, -0.25) is 0 Å². The SMILES string of the molecule is Cc1ccc(-c2nnc(N[C@@H]3CCCNC3)c3ccccc23)c(C(F)F)c1. The van der Waals surface area contributed by atoms with Gasteiger partial charge in [-0.15, -0.1) is 10.2 Å². The molecule has 2 heterocycles. The zero-order valence-electron chi connectivity index (χ0n) is 15.2. The van der Waals surface area contributed by atoms with Crippen molar-refractivity contribution in [3.63, 3.8) is 0 Å². The van der Waals surface area contributed by atoms with E-state index in [1.165, 1.54) is 6.07 Å². The van der Waals surface area contributed by atoms with E-state index in [-0.39, 0.29) is 5.56 Å². The first-order valence-electron chi connectivity index (χ1n) is 9.25. The number of halogens is 2. The Balaban J connectivity index is 1.81. The maximum Gasteiger partial charge on any atom is 0.264 e. The highest BCUT2D eigenvalue weighted by Gasteiger charge is 2.20. The number of alkyl halides is 2. The van der Waals surface area contributed by atoms with Gasteiger partial charge in [0.1, 0.15) is 5.69 Å². The Kier molecular flexibility index (Phi) is 4.99. The predicted molar refractivity (Wildman–Crippen MR) is 104 cm³/mol. The van der Waals surface area contributed by atoms with Gasteiger partial charge in [-0.2, -0.15) is 0 Å². The van der Waals surface area contributed by atoms with E-state index < -0.39 is 6.43 Å². The van der Waals surface area contributed by atoms with E-state index in [9.17, 15) is 8.78 Å². The van der Waals surface area contributed by atoms with Gasteiger partial charge in [0.2, 0.25) is 0 Å². The summed E-state index contributed by atoms with van der Waals surface area (Å²) in [6, 6.07) is 13.1. The van der Waals surface area contributed by atoms with E-state index in [1.807, 2.05) is 37.3 Å². The van der Waals surface area contributed by atoms with Crippen molar-refractivity contribution in [1.82, 2.24) is 15.5 Å². The lowest BCUT2D eigenvalue weighted by molar-refractivity contribution is 0.152. The maximum atomic E-state index is 13.6. The van der Waals surface area contributed by atoms with Gasteiger partial charge in [-0.1, -0.05) is 42.0 Å². The van der Waals surface area contributed by atoms with Crippen molar-refractivity contribution in [2.75, 3.05) is 18.4 Å². The van der Waals surface area contributed by atoms with Crippen LogP contribution in [0.25, 0.3) is 22.0 Å². The fourth-order valence-corrected chi connectivity index (χ4v) is 3.66. The first kappa shape index (κ1) is 17.8. The van der Waals surface area contributed by atoms with Crippen LogP contribution in [0.3, 0.4) is 0 Å². The van der Waals surface area contributed by atoms with Gasteiger partial charge in [-0.05, 0) is 32.4 Å². The molecule has 1 aliphatic rings. The summed E-state index contributed by atoms with van der Waals surface area (Å²) in [7, 11) is 0. The molecule has 3 aromatic rings. The van der Waals surface area contributed by atoms with Crippen LogP contribution in [0, 0.1) is 6.92 Å². The molecule has 2 aromatic carbocycles. The third-order valence-corrected chi connectivity index (χ3v) is 5.02. The Morgan fingerprint density at radius 3 is 2.67 bits per heavy atom. The number of hydrogen-bond donors (Lipinski definition) is 2. The molecule has 27 heavy (non-hydrogen) atoms. The third-order valence-electron chi connectivity index (χ3n) is 5.02. The minimum absolute atomic E-state index is 0.00774. The molecule has 0 bridgehead atoms. The van der Waals surface area contributed by atoms with Crippen LogP contribution in [0.4, 0.5) is 14.6 Å². The fraction of sp³-hybridized carbons (Fsp3) is 0.333. The molecular formula is C21H22F2N4. The molecule has 6 heteroatoms. The van der Waals surface area contributed by atoms with Gasteiger partial charge >= 0.3 is 0 Å². The number of nitrogens with zero attached hydrogens (tertiary/aromatic N) is 2. The zero-order chi connectivity index (χ0) is 18.8. The van der Waals surface area contributed by atoms with E-state index in [2.05, 4.69) is 20.8 Å². The molecule has 4 nitrogen and oxygen atoms in total. The van der Waals surface area contributed by atoms with Gasteiger partial charge in [-0.25, -0.2) is 8.78 Å². The van der Waals surface area contributed by atoms with Crippen molar-refractivity contribution in [2.24, 2.45) is 0 Å². The Morgan fingerprint density at radius 1 is 1.11 bits per heavy atom. The molecule has 1 fully saturated rings. The summed E-state index contributed by atoms with van der Waals surface area (Å²) in [5.74, 6) is 0.703. The molecule has 1 aromatic heterocycles. The number of aryl methyl sites for hydroxylation is 1. The maximum absolute atomic E-state index is 13.6. The van der Waals surface area contributed by atoms with Gasteiger partial charge < -0.3 is 10.6 Å². The van der Waals surface area contributed by atoms with Crippen LogP contribution in [0.2, 0.25) is 0 Å². The number of nitrogens with one attached hydrogen (secondary N) is 2. The quantitative estimate of drug-likeness (QED) is 0.700. The van der Waals surface area contributed by atoms with E-state index >= 15 is 0 Å². The molecule has 1 saturated heterocycles. The molecule has 140 valence electrons. The van der Waals surface area contributed by atoms with Gasteiger partial charge in [0.05, 0.1) is 0 Å². The lowest BCUT2D eigenvalue weighted by Gasteiger charge is -2.24. The van der Waals surface area contributed by atoms with Crippen molar-refractivity contribution in [2.45, 2.75) is 32.2 Å². The minimum Gasteiger partial charge on any atom is -0.364 e. The number of aromatic nitrogens is 2. The first-order valence-corrected chi connectivity index (χ1v) is 9.25. The average molecular weight is 368 g/mol. The molecule has 0 saturated carbocycles. The normalized spacial score (nSPS) is 17.4. The second kappa shape index (κ2) is 7.56. The monoisotopic (exact) mass is 368 g/mol. The van der Waals surface area contributed by atoms with Crippen molar-refractivity contribution in [1.29, 1.82) is 0 Å². The summed E-state index contributed by atoms with van der Waals surface area (Å²) in [6.45, 7) is 3.73. The van der Waals surface area contributed by atoms with Crippen molar-refractivity contribution in [3.05, 3.63) is 53.6 Å². The van der Waals surface area contributed by atoms with Crippen LogP contribution >= 0.6 is 0 Å². The smallest absolute Gasteiger partial charge is 0.264 e. The van der Waals surface area contributed by atoms with E-state index in [0.717, 1.165) is 42.3 Å². The Morgan fingerprint density at radius 2 is 1.93 bits per heavy atom. The largest absolute Gasteiger partial charge is 0.364 e. The Bertz CT molecular complexity index is 952. The summed E-state index contributed by atoms with van der Waals surface area (Å²) in [5.41, 5.74) is 1.72. The van der Waals surface area contributed by atoms with Crippen molar-refractivity contribution >= 4 is 16.6 Å². The van der Waals surface area contributed by atoms with Gasteiger partial charge in [0.15, 0.2) is 5.82 Å². The lowest BCUT2D eigenvalue weighted by Crippen LogP contribution is -2.38. The summed E-state index contributed by atoms with van der Waals surface area (Å²) in [4.78, 5) is 0. The minimum atomic E-state index is -2.56. The van der Waals surface area contributed by atoms with Crippen LogP contribution in [0.1, 0.15) is 30.4 Å². The Hall–Kier alpha value is -2.60. The van der Waals surface area contributed by atoms with Crippen LogP contribution in [0.5, 0.6) is 0 Å². The summed E-state index contributed by atoms with van der Waals surface area (Å²) in [6.07, 6.45) is -0.382. The van der Waals surface area contributed by atoms with Crippen molar-refractivity contribution in [3.8, 4) is 11.3 Å². The van der Waals surface area contributed by atoms with Crippen molar-refractivity contribution < 1.29 is 8.78 Å². The molecular weight excluding hydrogens is 346 g/mol. The number of hydrogen-bond acceptors (Lipinski definition) is 4. The summed E-state index contributed by atoms with van der Waals surface area (Å²) >= 11 is 0. The molecule has 0 unspecified atom stereocenters. The van der Waals surface area contributed by atoms with E-state index in [4.69, 9.17) is 0 Å². The highest BCUT2D eigenvalue weighted by Crippen LogP contribution is 2.36. The van der Waals surface area contributed by atoms with Crippen LogP contribution < -0.4 is 10.6 Å². The number of anilines is 1. The highest BCUT2D eigenvalue weighted by atomic mass is 19.3. The highest BCUT2D eigenvalue weighted by molar-refractivity contribution is 6.00. The molecule has 2 N–H and O–H groups in total. The topological polar surface area (TPSA) is 49.8 Å². The molecule has 1 atom stereocenters. The lowest BCUT2D eigenvalue weighted by atomic mass is 9.98. The van der Waals surface area contributed by atoms with E-state index in [1.54, 1.807) is 6.07 Å². The molecule has 0 amide bonds. The Labute approximate surface area is 157 Å². The zero-order valence-corrected chi connectivity index (χ0v) is 15.2. The van der Waals surface area contributed by atoms with Crippen LogP contribution in [0.15, 0.2) is 42.5 Å². The number of piperidine rings is 1. The molecule has 0 spiro atoms. The fourth-order valence-electron chi connectivity index (χ4n) is 3.66. The van der Waals surface area contributed by atoms with E-state index in [0.29, 0.717) is 23.1 Å². The molecule has 1 aliphatic heterocycles. The second-order valence-corrected chi connectivity index (χ2v) is 7.02. The molecule has 4 rings (SSSR count). The molecule has 0 aliphatic carbocycles. The van der Waals surface area contributed by atoms with Gasteiger partial charge in [0, 0.05) is 34.5 Å². The molecule has 0 radical (unpaired) electrons. The third kappa shape index (κ3) is 3.62. The second-order valence-electron chi connectivity index (χ2n) is 7.02. The predicted octanol–water partition coefficient (Wildman–Crippen LogP) is 4.71.